The quantitative estimate of drug-likeness (QED) is 0.322. The maximum absolute atomic E-state index is 14.2. The van der Waals surface area contributed by atoms with E-state index < -0.39 is 23.5 Å². The van der Waals surface area contributed by atoms with Crippen LogP contribution in [0, 0.1) is 11.8 Å². The molecule has 3 aromatic carbocycles. The van der Waals surface area contributed by atoms with Gasteiger partial charge in [0.1, 0.15) is 0 Å². The van der Waals surface area contributed by atoms with Gasteiger partial charge in [-0.25, -0.2) is 4.90 Å². The van der Waals surface area contributed by atoms with Gasteiger partial charge >= 0.3 is 0 Å². The van der Waals surface area contributed by atoms with E-state index in [1.54, 1.807) is 38.5 Å². The predicted octanol–water partition coefficient (Wildman–Crippen LogP) is 4.06. The molecule has 1 aliphatic heterocycles. The van der Waals surface area contributed by atoms with Crippen molar-refractivity contribution in [2.75, 3.05) is 19.1 Å². The monoisotopic (exact) mass is 467 g/mol. The fourth-order valence-corrected chi connectivity index (χ4v) is 6.80. The Labute approximate surface area is 203 Å². The van der Waals surface area contributed by atoms with Crippen LogP contribution in [0.5, 0.6) is 0 Å². The van der Waals surface area contributed by atoms with E-state index in [9.17, 15) is 14.4 Å². The summed E-state index contributed by atoms with van der Waals surface area (Å²) in [5, 5.41) is 0. The number of carbonyl (C=O) groups is 3. The van der Waals surface area contributed by atoms with Crippen LogP contribution in [-0.2, 0) is 24.5 Å². The molecule has 0 radical (unpaired) electrons. The van der Waals surface area contributed by atoms with Crippen molar-refractivity contribution in [3.05, 3.63) is 101 Å². The fraction of sp³-hybridized carbons (Fsp3) is 0.276. The molecule has 6 nitrogen and oxygen atoms in total. The lowest BCUT2D eigenvalue weighted by atomic mass is 9.47. The van der Waals surface area contributed by atoms with Gasteiger partial charge in [-0.15, -0.1) is 0 Å². The smallest absolute Gasteiger partial charge is 0.239 e. The third kappa shape index (κ3) is 2.64. The summed E-state index contributed by atoms with van der Waals surface area (Å²) in [4.78, 5) is 41.4. The van der Waals surface area contributed by atoms with Crippen molar-refractivity contribution in [1.29, 1.82) is 0 Å². The summed E-state index contributed by atoms with van der Waals surface area (Å²) in [6, 6.07) is 22.7. The normalized spacial score (nSPS) is 26.1. The number of rotatable bonds is 5. The molecule has 2 amide bonds. The number of anilines is 1. The molecule has 1 heterocycles. The third-order valence-corrected chi connectivity index (χ3v) is 8.02. The molecule has 35 heavy (non-hydrogen) atoms. The number of nitrogens with zero attached hydrogens (tertiary/aromatic N) is 1. The summed E-state index contributed by atoms with van der Waals surface area (Å²) in [5.41, 5.74) is 4.00. The van der Waals surface area contributed by atoms with E-state index in [0.29, 0.717) is 11.3 Å². The molecule has 3 aliphatic carbocycles. The number of imide groups is 1. The minimum absolute atomic E-state index is 0.0739. The number of methoxy groups -OCH3 is 2. The second kappa shape index (κ2) is 7.70. The Morgan fingerprint density at radius 3 is 1.89 bits per heavy atom. The SMILES string of the molecule is COC(OC)C12c3ccccc3C(c3ccccc31)[C@H]1C(=O)N(c3ccc(C(C)=O)cc3)C(=O)[C@@H]12. The first-order valence-electron chi connectivity index (χ1n) is 11.7. The first-order chi connectivity index (χ1) is 17.0. The second-order valence-electron chi connectivity index (χ2n) is 9.44. The fourth-order valence-electron chi connectivity index (χ4n) is 6.80. The standard InChI is InChI=1S/C29H25NO5/c1-16(31)17-12-14-18(15-13-17)30-26(32)24-23-19-8-4-6-10-21(19)29(25(24)27(30)33,28(34-2)35-3)22-11-7-5-9-20(22)23/h4-15,23-25,28H,1-3H3/t23?,24-,25-,29?/m1/s1. The van der Waals surface area contributed by atoms with Crippen molar-refractivity contribution in [1.82, 2.24) is 0 Å². The lowest BCUT2D eigenvalue weighted by Gasteiger charge is -2.56. The van der Waals surface area contributed by atoms with Crippen molar-refractivity contribution >= 4 is 23.3 Å². The minimum atomic E-state index is -0.989. The Hall–Kier alpha value is -3.61. The van der Waals surface area contributed by atoms with Crippen LogP contribution in [0.1, 0.15) is 45.5 Å². The van der Waals surface area contributed by atoms with E-state index in [1.165, 1.54) is 11.8 Å². The average Bonchev–Trinajstić information content (AvgIpc) is 3.16. The first kappa shape index (κ1) is 21.9. The third-order valence-electron chi connectivity index (χ3n) is 8.02. The predicted molar refractivity (Wildman–Crippen MR) is 129 cm³/mol. The molecule has 2 atom stereocenters. The van der Waals surface area contributed by atoms with Crippen LogP contribution in [0.15, 0.2) is 72.8 Å². The Balaban J connectivity index is 1.62. The maximum Gasteiger partial charge on any atom is 0.239 e. The van der Waals surface area contributed by atoms with Crippen molar-refractivity contribution in [3.8, 4) is 0 Å². The summed E-state index contributed by atoms with van der Waals surface area (Å²) in [6.45, 7) is 1.49. The van der Waals surface area contributed by atoms with Gasteiger partial charge in [0.2, 0.25) is 11.8 Å². The summed E-state index contributed by atoms with van der Waals surface area (Å²) in [5.74, 6) is -2.12. The van der Waals surface area contributed by atoms with Crippen molar-refractivity contribution in [2.45, 2.75) is 24.5 Å². The molecule has 0 spiro atoms. The van der Waals surface area contributed by atoms with Crippen LogP contribution in [0.3, 0.4) is 0 Å². The van der Waals surface area contributed by atoms with E-state index in [0.717, 1.165) is 22.3 Å². The largest absolute Gasteiger partial charge is 0.355 e. The van der Waals surface area contributed by atoms with Crippen molar-refractivity contribution in [3.63, 3.8) is 0 Å². The zero-order valence-corrected chi connectivity index (χ0v) is 19.7. The zero-order valence-electron chi connectivity index (χ0n) is 19.7. The minimum Gasteiger partial charge on any atom is -0.355 e. The molecule has 4 aliphatic rings. The Bertz CT molecular complexity index is 1330. The highest BCUT2D eigenvalue weighted by molar-refractivity contribution is 6.24. The van der Waals surface area contributed by atoms with E-state index in [-0.39, 0.29) is 23.5 Å². The number of hydrogen-bond acceptors (Lipinski definition) is 5. The number of Topliss-reactive ketones (excluding diaryl/α,β-unsaturated/α-hetero) is 1. The second-order valence-corrected chi connectivity index (χ2v) is 9.44. The maximum atomic E-state index is 14.2. The van der Waals surface area contributed by atoms with E-state index in [2.05, 4.69) is 0 Å². The summed E-state index contributed by atoms with van der Waals surface area (Å²) in [6.07, 6.45) is -0.782. The van der Waals surface area contributed by atoms with E-state index >= 15 is 0 Å². The topological polar surface area (TPSA) is 72.9 Å². The van der Waals surface area contributed by atoms with Gasteiger partial charge in [-0.2, -0.15) is 0 Å². The van der Waals surface area contributed by atoms with Crippen molar-refractivity contribution < 1.29 is 23.9 Å². The molecule has 1 fully saturated rings. The van der Waals surface area contributed by atoms with Gasteiger partial charge in [0.05, 0.1) is 22.9 Å². The Morgan fingerprint density at radius 2 is 1.37 bits per heavy atom. The van der Waals surface area contributed by atoms with E-state index in [1.807, 2.05) is 48.5 Å². The Morgan fingerprint density at radius 1 is 0.829 bits per heavy atom. The first-order valence-corrected chi connectivity index (χ1v) is 11.7. The van der Waals surface area contributed by atoms with Crippen molar-refractivity contribution in [2.24, 2.45) is 11.8 Å². The van der Waals surface area contributed by atoms with Gasteiger partial charge in [-0.1, -0.05) is 48.5 Å². The molecule has 0 saturated carbocycles. The van der Waals surface area contributed by atoms with Gasteiger partial charge < -0.3 is 9.47 Å². The lowest BCUT2D eigenvalue weighted by molar-refractivity contribution is -0.168. The van der Waals surface area contributed by atoms with Crippen LogP contribution in [0.25, 0.3) is 0 Å². The number of amides is 2. The molecule has 176 valence electrons. The zero-order chi connectivity index (χ0) is 24.5. The van der Waals surface area contributed by atoms with E-state index in [4.69, 9.17) is 9.47 Å². The highest BCUT2D eigenvalue weighted by atomic mass is 16.7. The highest BCUT2D eigenvalue weighted by Gasteiger charge is 2.71. The number of benzene rings is 3. The number of hydrogen-bond donors (Lipinski definition) is 0. The molecule has 3 aromatic rings. The molecule has 6 heteroatoms. The molecule has 1 saturated heterocycles. The molecule has 0 N–H and O–H groups in total. The van der Waals surface area contributed by atoms with Gasteiger partial charge in [0, 0.05) is 25.7 Å². The van der Waals surface area contributed by atoms with Crippen LogP contribution in [-0.4, -0.2) is 38.1 Å². The van der Waals surface area contributed by atoms with Gasteiger partial charge in [0.15, 0.2) is 12.1 Å². The highest BCUT2D eigenvalue weighted by Crippen LogP contribution is 2.65. The van der Waals surface area contributed by atoms with Crippen LogP contribution < -0.4 is 4.90 Å². The summed E-state index contributed by atoms with van der Waals surface area (Å²) >= 11 is 0. The molecule has 7 rings (SSSR count). The average molecular weight is 468 g/mol. The lowest BCUT2D eigenvalue weighted by Crippen LogP contribution is -2.60. The number of ether oxygens (including phenoxy) is 2. The van der Waals surface area contributed by atoms with Crippen LogP contribution >= 0.6 is 0 Å². The molecular weight excluding hydrogens is 442 g/mol. The van der Waals surface area contributed by atoms with Crippen LogP contribution in [0.4, 0.5) is 5.69 Å². The van der Waals surface area contributed by atoms with Gasteiger partial charge in [-0.3, -0.25) is 14.4 Å². The van der Waals surface area contributed by atoms with Gasteiger partial charge in [-0.05, 0) is 53.4 Å². The molecule has 0 unspecified atom stereocenters. The van der Waals surface area contributed by atoms with Crippen LogP contribution in [0.2, 0.25) is 0 Å². The molecular formula is C29H25NO5. The summed E-state index contributed by atoms with van der Waals surface area (Å²) in [7, 11) is 3.15. The number of ketones is 1. The molecule has 0 aromatic heterocycles. The van der Waals surface area contributed by atoms with Gasteiger partial charge in [0.25, 0.3) is 0 Å². The molecule has 2 bridgehead atoms. The number of carbonyl (C=O) groups excluding carboxylic acids is 3. The summed E-state index contributed by atoms with van der Waals surface area (Å²) < 4.78 is 11.8. The Kier molecular flexibility index (Phi) is 4.82.